The predicted octanol–water partition coefficient (Wildman–Crippen LogP) is 2.19. The van der Waals surface area contributed by atoms with Gasteiger partial charge in [-0.3, -0.25) is 4.99 Å². The highest BCUT2D eigenvalue weighted by molar-refractivity contribution is 5.79. The van der Waals surface area contributed by atoms with Gasteiger partial charge in [0.2, 0.25) is 0 Å². The molecule has 5 heteroatoms. The molecule has 0 spiro atoms. The lowest BCUT2D eigenvalue weighted by atomic mass is 9.89. The van der Waals surface area contributed by atoms with Crippen LogP contribution in [0.1, 0.15) is 41.0 Å². The maximum Gasteiger partial charge on any atom is 0.191 e. The monoisotopic (exact) mass is 314 g/mol. The van der Waals surface area contributed by atoms with Gasteiger partial charge in [-0.15, -0.1) is 0 Å². The van der Waals surface area contributed by atoms with Crippen molar-refractivity contribution in [3.63, 3.8) is 0 Å². The second-order valence-corrected chi connectivity index (χ2v) is 7.67. The Bertz CT molecular complexity index is 321. The number of methoxy groups -OCH3 is 1. The van der Waals surface area contributed by atoms with Crippen molar-refractivity contribution in [2.45, 2.75) is 53.2 Å². The number of hydrogen-bond donors (Lipinski definition) is 2. The van der Waals surface area contributed by atoms with Crippen molar-refractivity contribution >= 4 is 5.96 Å². The first-order valence-corrected chi connectivity index (χ1v) is 8.25. The third-order valence-corrected chi connectivity index (χ3v) is 3.91. The lowest BCUT2D eigenvalue weighted by Gasteiger charge is -2.31. The molecule has 0 fully saturated rings. The molecule has 0 radical (unpaired) electrons. The van der Waals surface area contributed by atoms with Crippen LogP contribution in [-0.4, -0.2) is 64.3 Å². The summed E-state index contributed by atoms with van der Waals surface area (Å²) in [6.45, 7) is 12.7. The van der Waals surface area contributed by atoms with Gasteiger partial charge in [0, 0.05) is 33.3 Å². The summed E-state index contributed by atoms with van der Waals surface area (Å²) in [7, 11) is 7.83. The van der Waals surface area contributed by atoms with E-state index >= 15 is 0 Å². The van der Waals surface area contributed by atoms with Crippen molar-refractivity contribution < 1.29 is 4.74 Å². The number of rotatable bonds is 8. The minimum atomic E-state index is 0.102. The third kappa shape index (κ3) is 8.59. The average molecular weight is 315 g/mol. The van der Waals surface area contributed by atoms with Gasteiger partial charge >= 0.3 is 0 Å². The molecule has 5 nitrogen and oxygen atoms in total. The van der Waals surface area contributed by atoms with Gasteiger partial charge in [-0.25, -0.2) is 0 Å². The maximum atomic E-state index is 5.57. The molecule has 2 unspecified atom stereocenters. The van der Waals surface area contributed by atoms with Crippen LogP contribution in [-0.2, 0) is 4.74 Å². The first kappa shape index (κ1) is 21.2. The number of nitrogens with one attached hydrogen (secondary N) is 2. The molecule has 0 bridgehead atoms. The van der Waals surface area contributed by atoms with Gasteiger partial charge in [-0.05, 0) is 31.8 Å². The van der Waals surface area contributed by atoms with Crippen molar-refractivity contribution in [3.8, 4) is 0 Å². The predicted molar refractivity (Wildman–Crippen MR) is 96.5 cm³/mol. The number of hydrogen-bond acceptors (Lipinski definition) is 3. The van der Waals surface area contributed by atoms with Crippen LogP contribution in [0.5, 0.6) is 0 Å². The number of aliphatic imine (C=N–C) groups is 1. The highest BCUT2D eigenvalue weighted by atomic mass is 16.5. The molecule has 0 heterocycles. The first-order valence-electron chi connectivity index (χ1n) is 8.25. The molecule has 0 rings (SSSR count). The molecule has 132 valence electrons. The van der Waals surface area contributed by atoms with Crippen LogP contribution in [0.3, 0.4) is 0 Å². The molecule has 0 aliphatic rings. The smallest absolute Gasteiger partial charge is 0.191 e. The molecule has 0 aromatic carbocycles. The standard InChI is InChI=1S/C17H38N4O/c1-13(2)10-14(21(7)8)11-19-16(18-6)20-12-15(22-9)17(3,4)5/h13-15H,10-12H2,1-9H3,(H2,18,19,20). The van der Waals surface area contributed by atoms with Gasteiger partial charge in [-0.2, -0.15) is 0 Å². The zero-order chi connectivity index (χ0) is 17.3. The molecule has 2 N–H and O–H groups in total. The lowest BCUT2D eigenvalue weighted by Crippen LogP contribution is -2.48. The van der Waals surface area contributed by atoms with Gasteiger partial charge in [0.25, 0.3) is 0 Å². The van der Waals surface area contributed by atoms with Gasteiger partial charge in [0.05, 0.1) is 6.10 Å². The molecular weight excluding hydrogens is 276 g/mol. The van der Waals surface area contributed by atoms with Gasteiger partial charge in [0.1, 0.15) is 0 Å². The quantitative estimate of drug-likeness (QED) is 0.533. The van der Waals surface area contributed by atoms with Crippen LogP contribution in [0.25, 0.3) is 0 Å². The van der Waals surface area contributed by atoms with Crippen molar-refractivity contribution in [3.05, 3.63) is 0 Å². The molecule has 0 aromatic heterocycles. The Labute approximate surface area is 137 Å². The Kier molecular flexibility index (Phi) is 9.69. The Morgan fingerprint density at radius 2 is 1.68 bits per heavy atom. The zero-order valence-electron chi connectivity index (χ0n) is 16.2. The van der Waals surface area contributed by atoms with Crippen LogP contribution in [0, 0.1) is 11.3 Å². The second-order valence-electron chi connectivity index (χ2n) is 7.67. The molecule has 22 heavy (non-hydrogen) atoms. The Hall–Kier alpha value is -0.810. The summed E-state index contributed by atoms with van der Waals surface area (Å²) < 4.78 is 5.57. The number of ether oxygens (including phenoxy) is 1. The SMILES string of the molecule is CN=C(NCC(CC(C)C)N(C)C)NCC(OC)C(C)(C)C. The van der Waals surface area contributed by atoms with Crippen molar-refractivity contribution in [2.75, 3.05) is 41.3 Å². The van der Waals surface area contributed by atoms with Crippen molar-refractivity contribution in [2.24, 2.45) is 16.3 Å². The summed E-state index contributed by atoms with van der Waals surface area (Å²) in [6.07, 6.45) is 1.31. The highest BCUT2D eigenvalue weighted by Gasteiger charge is 2.24. The van der Waals surface area contributed by atoms with Crippen LogP contribution < -0.4 is 10.6 Å². The fourth-order valence-electron chi connectivity index (χ4n) is 2.39. The molecule has 0 aromatic rings. The van der Waals surface area contributed by atoms with Gasteiger partial charge in [0.15, 0.2) is 5.96 Å². The molecule has 2 atom stereocenters. The molecule has 0 aliphatic heterocycles. The van der Waals surface area contributed by atoms with Gasteiger partial charge < -0.3 is 20.3 Å². The second kappa shape index (κ2) is 10.1. The van der Waals surface area contributed by atoms with E-state index in [-0.39, 0.29) is 11.5 Å². The van der Waals surface area contributed by atoms with Crippen molar-refractivity contribution in [1.82, 2.24) is 15.5 Å². The largest absolute Gasteiger partial charge is 0.379 e. The van der Waals surface area contributed by atoms with E-state index in [0.29, 0.717) is 12.0 Å². The molecule has 0 amide bonds. The lowest BCUT2D eigenvalue weighted by molar-refractivity contribution is 0.0205. The summed E-state index contributed by atoms with van der Waals surface area (Å²) in [5, 5.41) is 6.80. The maximum absolute atomic E-state index is 5.57. The minimum Gasteiger partial charge on any atom is -0.379 e. The fourth-order valence-corrected chi connectivity index (χ4v) is 2.39. The van der Waals surface area contributed by atoms with E-state index in [1.54, 1.807) is 14.2 Å². The van der Waals surface area contributed by atoms with Crippen molar-refractivity contribution in [1.29, 1.82) is 0 Å². The fraction of sp³-hybridized carbons (Fsp3) is 0.941. The van der Waals surface area contributed by atoms with E-state index in [4.69, 9.17) is 4.74 Å². The Morgan fingerprint density at radius 1 is 1.14 bits per heavy atom. The summed E-state index contributed by atoms with van der Waals surface area (Å²) >= 11 is 0. The molecule has 0 saturated carbocycles. The van der Waals surface area contributed by atoms with E-state index in [0.717, 1.165) is 19.0 Å². The first-order chi connectivity index (χ1) is 10.1. The van der Waals surface area contributed by atoms with Crippen LogP contribution in [0.4, 0.5) is 0 Å². The normalized spacial score (nSPS) is 16.0. The summed E-state index contributed by atoms with van der Waals surface area (Å²) in [5.74, 6) is 1.52. The Balaban J connectivity index is 4.43. The van der Waals surface area contributed by atoms with Gasteiger partial charge in [-0.1, -0.05) is 34.6 Å². The Morgan fingerprint density at radius 3 is 2.05 bits per heavy atom. The third-order valence-electron chi connectivity index (χ3n) is 3.91. The summed E-state index contributed by atoms with van der Waals surface area (Å²) in [4.78, 5) is 6.58. The average Bonchev–Trinajstić information content (AvgIpc) is 2.39. The molecule has 0 saturated heterocycles. The number of likely N-dealkylation sites (N-methyl/N-ethyl adjacent to an activating group) is 1. The molecular formula is C17H38N4O. The summed E-state index contributed by atoms with van der Waals surface area (Å²) in [6, 6.07) is 0.499. The number of nitrogens with zero attached hydrogens (tertiary/aromatic N) is 2. The highest BCUT2D eigenvalue weighted by Crippen LogP contribution is 2.20. The van der Waals surface area contributed by atoms with Crippen LogP contribution in [0.2, 0.25) is 0 Å². The van der Waals surface area contributed by atoms with E-state index in [1.165, 1.54) is 6.42 Å². The minimum absolute atomic E-state index is 0.102. The van der Waals surface area contributed by atoms with Crippen LogP contribution in [0.15, 0.2) is 4.99 Å². The van der Waals surface area contributed by atoms with E-state index in [2.05, 4.69) is 69.2 Å². The summed E-state index contributed by atoms with van der Waals surface area (Å²) in [5.41, 5.74) is 0.102. The number of guanidine groups is 1. The topological polar surface area (TPSA) is 48.9 Å². The van der Waals surface area contributed by atoms with E-state index in [1.807, 2.05) is 0 Å². The van der Waals surface area contributed by atoms with Crippen LogP contribution >= 0.6 is 0 Å². The van der Waals surface area contributed by atoms with E-state index < -0.39 is 0 Å². The molecule has 0 aliphatic carbocycles. The van der Waals surface area contributed by atoms with E-state index in [9.17, 15) is 0 Å². The zero-order valence-corrected chi connectivity index (χ0v) is 16.2.